The van der Waals surface area contributed by atoms with Gasteiger partial charge >= 0.3 is 5.97 Å². The van der Waals surface area contributed by atoms with Gasteiger partial charge in [0.25, 0.3) is 5.91 Å². The zero-order valence-corrected chi connectivity index (χ0v) is 14.2. The average molecular weight is 332 g/mol. The summed E-state index contributed by atoms with van der Waals surface area (Å²) in [5.74, 6) is -1.03. The van der Waals surface area contributed by atoms with Crippen molar-refractivity contribution in [2.24, 2.45) is 11.3 Å². The van der Waals surface area contributed by atoms with E-state index in [2.05, 4.69) is 0 Å². The minimum absolute atomic E-state index is 0.0215. The fourth-order valence-electron chi connectivity index (χ4n) is 4.00. The van der Waals surface area contributed by atoms with Crippen LogP contribution in [0.5, 0.6) is 0 Å². The van der Waals surface area contributed by atoms with E-state index in [-0.39, 0.29) is 25.0 Å². The molecule has 0 aliphatic carbocycles. The summed E-state index contributed by atoms with van der Waals surface area (Å²) in [6.45, 7) is 6.17. The second-order valence-corrected chi connectivity index (χ2v) is 7.10. The molecule has 2 N–H and O–H groups in total. The van der Waals surface area contributed by atoms with Crippen molar-refractivity contribution >= 4 is 11.9 Å². The maximum atomic E-state index is 12.8. The van der Waals surface area contributed by atoms with Gasteiger partial charge in [-0.1, -0.05) is 6.07 Å². The number of carbonyl (C=O) groups excluding carboxylic acids is 1. The van der Waals surface area contributed by atoms with E-state index in [1.165, 1.54) is 0 Å². The molecule has 0 aromatic heterocycles. The molecule has 1 amide bonds. The largest absolute Gasteiger partial charge is 0.481 e. The number of nitrogens with zero attached hydrogens (tertiary/aromatic N) is 2. The highest BCUT2D eigenvalue weighted by molar-refractivity contribution is 5.95. The molecule has 2 saturated heterocycles. The Hall–Kier alpha value is -1.92. The summed E-state index contributed by atoms with van der Waals surface area (Å²) in [4.78, 5) is 28.4. The number of carbonyl (C=O) groups is 2. The molecule has 0 unspecified atom stereocenters. The number of rotatable bonds is 4. The first-order valence-electron chi connectivity index (χ1n) is 8.30. The predicted molar refractivity (Wildman–Crippen MR) is 88.9 cm³/mol. The summed E-state index contributed by atoms with van der Waals surface area (Å²) in [5, 5.41) is 18.9. The number of β-amino-alcohol motifs (C(OH)–C–C–N with tert-alkyl or cyclic N) is 1. The smallest absolute Gasteiger partial charge is 0.313 e. The van der Waals surface area contributed by atoms with Gasteiger partial charge in [0.1, 0.15) is 5.41 Å². The van der Waals surface area contributed by atoms with Gasteiger partial charge in [-0.3, -0.25) is 14.5 Å². The van der Waals surface area contributed by atoms with Crippen LogP contribution in [0, 0.1) is 25.2 Å². The fourth-order valence-corrected chi connectivity index (χ4v) is 4.00. The van der Waals surface area contributed by atoms with E-state index in [0.717, 1.165) is 11.1 Å². The lowest BCUT2D eigenvalue weighted by Crippen LogP contribution is -2.42. The molecule has 1 aromatic carbocycles. The lowest BCUT2D eigenvalue weighted by atomic mass is 9.81. The summed E-state index contributed by atoms with van der Waals surface area (Å²) in [6, 6.07) is 5.61. The third kappa shape index (κ3) is 2.70. The molecule has 6 nitrogen and oxygen atoms in total. The lowest BCUT2D eigenvalue weighted by Gasteiger charge is -2.25. The van der Waals surface area contributed by atoms with Crippen molar-refractivity contribution in [1.29, 1.82) is 0 Å². The van der Waals surface area contributed by atoms with E-state index in [4.69, 9.17) is 5.11 Å². The van der Waals surface area contributed by atoms with Gasteiger partial charge < -0.3 is 15.1 Å². The van der Waals surface area contributed by atoms with Gasteiger partial charge in [-0.05, 0) is 37.1 Å². The van der Waals surface area contributed by atoms with Gasteiger partial charge in [-0.2, -0.15) is 0 Å². The molecule has 6 heteroatoms. The second kappa shape index (κ2) is 6.18. The Morgan fingerprint density at radius 3 is 2.54 bits per heavy atom. The van der Waals surface area contributed by atoms with Crippen LogP contribution >= 0.6 is 0 Å². The van der Waals surface area contributed by atoms with Gasteiger partial charge in [-0.15, -0.1) is 0 Å². The fraction of sp³-hybridized carbons (Fsp3) is 0.556. The molecule has 2 heterocycles. The monoisotopic (exact) mass is 332 g/mol. The van der Waals surface area contributed by atoms with Crippen molar-refractivity contribution in [1.82, 2.24) is 9.80 Å². The van der Waals surface area contributed by atoms with Gasteiger partial charge in [0.2, 0.25) is 0 Å². The van der Waals surface area contributed by atoms with Crippen LogP contribution in [-0.2, 0) is 4.79 Å². The Labute approximate surface area is 141 Å². The normalized spacial score (nSPS) is 26.6. The van der Waals surface area contributed by atoms with Crippen LogP contribution in [0.3, 0.4) is 0 Å². The first kappa shape index (κ1) is 16.9. The Balaban J connectivity index is 1.80. The van der Waals surface area contributed by atoms with E-state index in [9.17, 15) is 14.7 Å². The van der Waals surface area contributed by atoms with Crippen molar-refractivity contribution in [2.75, 3.05) is 39.3 Å². The van der Waals surface area contributed by atoms with E-state index >= 15 is 0 Å². The number of hydrogen-bond donors (Lipinski definition) is 2. The van der Waals surface area contributed by atoms with Crippen molar-refractivity contribution in [2.45, 2.75) is 13.8 Å². The number of carboxylic acids is 1. The minimum atomic E-state index is -0.912. The number of aliphatic hydroxyl groups excluding tert-OH is 1. The van der Waals surface area contributed by atoms with Crippen molar-refractivity contribution in [3.8, 4) is 0 Å². The Morgan fingerprint density at radius 2 is 1.96 bits per heavy atom. The van der Waals surface area contributed by atoms with Gasteiger partial charge in [-0.25, -0.2) is 0 Å². The van der Waals surface area contributed by atoms with Crippen molar-refractivity contribution < 1.29 is 19.8 Å². The number of likely N-dealkylation sites (tertiary alicyclic amines) is 2. The standard InChI is InChI=1S/C18H24N2O4/c1-12-3-4-14(7-13(12)2)16(22)20-9-15-8-19(5-6-21)10-18(15,11-20)17(23)24/h3-4,7,15,21H,5-6,8-11H2,1-2H3,(H,23,24)/t15-,18-/m1/s1. The molecule has 24 heavy (non-hydrogen) atoms. The molecule has 2 fully saturated rings. The van der Waals surface area contributed by atoms with Gasteiger partial charge in [0, 0.05) is 44.2 Å². The zero-order chi connectivity index (χ0) is 17.5. The summed E-state index contributed by atoms with van der Waals surface area (Å²) in [5.41, 5.74) is 1.89. The molecule has 0 saturated carbocycles. The summed E-state index contributed by atoms with van der Waals surface area (Å²) >= 11 is 0. The third-order valence-corrected chi connectivity index (χ3v) is 5.56. The van der Waals surface area contributed by atoms with Gasteiger partial charge in [0.05, 0.1) is 6.61 Å². The number of carboxylic acid groups (broad SMARTS) is 1. The third-order valence-electron chi connectivity index (χ3n) is 5.56. The van der Waals surface area contributed by atoms with Crippen LogP contribution in [-0.4, -0.2) is 71.2 Å². The molecule has 0 radical (unpaired) electrons. The number of aliphatic carboxylic acids is 1. The summed E-state index contributed by atoms with van der Waals surface area (Å²) < 4.78 is 0. The number of aliphatic hydroxyl groups is 1. The molecule has 130 valence electrons. The van der Waals surface area contributed by atoms with Crippen LogP contribution in [0.25, 0.3) is 0 Å². The second-order valence-electron chi connectivity index (χ2n) is 7.10. The topological polar surface area (TPSA) is 81.1 Å². The predicted octanol–water partition coefficient (Wildman–Crippen LogP) is 0.754. The minimum Gasteiger partial charge on any atom is -0.481 e. The molecule has 2 atom stereocenters. The van der Waals surface area contributed by atoms with Crippen LogP contribution in [0.2, 0.25) is 0 Å². The maximum absolute atomic E-state index is 12.8. The Bertz CT molecular complexity index is 675. The van der Waals surface area contributed by atoms with Gasteiger partial charge in [0.15, 0.2) is 0 Å². The highest BCUT2D eigenvalue weighted by atomic mass is 16.4. The van der Waals surface area contributed by atoms with Crippen LogP contribution in [0.15, 0.2) is 18.2 Å². The van der Waals surface area contributed by atoms with Crippen LogP contribution in [0.4, 0.5) is 0 Å². The number of aryl methyl sites for hydroxylation is 2. The Morgan fingerprint density at radius 1 is 1.21 bits per heavy atom. The van der Waals surface area contributed by atoms with Crippen molar-refractivity contribution in [3.05, 3.63) is 34.9 Å². The molecule has 0 bridgehead atoms. The van der Waals surface area contributed by atoms with E-state index in [1.54, 1.807) is 4.90 Å². The first-order valence-corrected chi connectivity index (χ1v) is 8.30. The van der Waals surface area contributed by atoms with E-state index in [1.807, 2.05) is 36.9 Å². The summed E-state index contributed by atoms with van der Waals surface area (Å²) in [6.07, 6.45) is 0. The SMILES string of the molecule is Cc1ccc(C(=O)N2C[C@H]3CN(CCO)C[C@@]3(C(=O)O)C2)cc1C. The number of benzene rings is 1. The lowest BCUT2D eigenvalue weighted by molar-refractivity contribution is -0.148. The maximum Gasteiger partial charge on any atom is 0.313 e. The molecular weight excluding hydrogens is 308 g/mol. The van der Waals surface area contributed by atoms with Crippen molar-refractivity contribution in [3.63, 3.8) is 0 Å². The highest BCUT2D eigenvalue weighted by Gasteiger charge is 2.58. The van der Waals surface area contributed by atoms with Crippen LogP contribution < -0.4 is 0 Å². The number of hydrogen-bond acceptors (Lipinski definition) is 4. The molecule has 1 aromatic rings. The number of amides is 1. The Kier molecular flexibility index (Phi) is 4.36. The molecule has 3 rings (SSSR count). The average Bonchev–Trinajstić information content (AvgIpc) is 3.04. The molecular formula is C18H24N2O4. The first-order chi connectivity index (χ1) is 11.4. The molecule has 0 spiro atoms. The molecule has 2 aliphatic heterocycles. The van der Waals surface area contributed by atoms with E-state index < -0.39 is 11.4 Å². The highest BCUT2D eigenvalue weighted by Crippen LogP contribution is 2.43. The summed E-state index contributed by atoms with van der Waals surface area (Å²) in [7, 11) is 0. The van der Waals surface area contributed by atoms with Crippen LogP contribution in [0.1, 0.15) is 21.5 Å². The molecule has 2 aliphatic rings. The van der Waals surface area contributed by atoms with E-state index in [0.29, 0.717) is 31.7 Å². The quantitative estimate of drug-likeness (QED) is 0.851. The zero-order valence-electron chi connectivity index (χ0n) is 14.2. The number of fused-ring (bicyclic) bond motifs is 1.